The number of esters is 1. The van der Waals surface area contributed by atoms with Gasteiger partial charge in [-0.15, -0.1) is 0 Å². The normalized spacial score (nSPS) is 11.1. The maximum absolute atomic E-state index is 12.3. The number of para-hydroxylation sites is 1. The van der Waals surface area contributed by atoms with Crippen LogP contribution in [0.3, 0.4) is 0 Å². The molecular weight excluding hydrogens is 404 g/mol. The Labute approximate surface area is 178 Å². The Balaban J connectivity index is 2.04. The molecule has 0 saturated carbocycles. The van der Waals surface area contributed by atoms with Crippen molar-refractivity contribution in [3.63, 3.8) is 0 Å². The van der Waals surface area contributed by atoms with Crippen molar-refractivity contribution in [2.45, 2.75) is 52.4 Å². The van der Waals surface area contributed by atoms with Crippen LogP contribution in [0.4, 0.5) is 5.69 Å². The first-order valence-electron chi connectivity index (χ1n) is 10.3. The van der Waals surface area contributed by atoms with E-state index in [0.717, 1.165) is 25.7 Å². The van der Waals surface area contributed by atoms with E-state index in [-0.39, 0.29) is 23.6 Å². The van der Waals surface area contributed by atoms with Crippen molar-refractivity contribution >= 4 is 21.7 Å². The van der Waals surface area contributed by atoms with Gasteiger partial charge in [-0.2, -0.15) is 0 Å². The number of benzene rings is 1. The largest absolute Gasteiger partial charge is 0.490 e. The van der Waals surface area contributed by atoms with Gasteiger partial charge < -0.3 is 9.47 Å². The number of aryl methyl sites for hydroxylation is 1. The first-order chi connectivity index (χ1) is 14.4. The Morgan fingerprint density at radius 2 is 1.83 bits per heavy atom. The predicted octanol–water partition coefficient (Wildman–Crippen LogP) is 4.34. The summed E-state index contributed by atoms with van der Waals surface area (Å²) in [6.07, 6.45) is 7.67. The highest BCUT2D eigenvalue weighted by molar-refractivity contribution is 7.92. The third-order valence-corrected chi connectivity index (χ3v) is 5.74. The number of rotatable bonds is 13. The number of aromatic nitrogens is 1. The molecule has 0 aliphatic carbocycles. The van der Waals surface area contributed by atoms with E-state index in [4.69, 9.17) is 9.47 Å². The van der Waals surface area contributed by atoms with Gasteiger partial charge in [0.2, 0.25) is 10.0 Å². The van der Waals surface area contributed by atoms with Crippen molar-refractivity contribution in [1.29, 1.82) is 0 Å². The van der Waals surface area contributed by atoms with Gasteiger partial charge in [0.25, 0.3) is 0 Å². The van der Waals surface area contributed by atoms with E-state index in [1.54, 1.807) is 37.5 Å². The quantitative estimate of drug-likeness (QED) is 0.286. The van der Waals surface area contributed by atoms with Crippen molar-refractivity contribution in [3.05, 3.63) is 48.3 Å². The van der Waals surface area contributed by atoms with Crippen molar-refractivity contribution in [1.82, 2.24) is 4.98 Å². The minimum atomic E-state index is -3.54. The summed E-state index contributed by atoms with van der Waals surface area (Å²) >= 11 is 0. The smallest absolute Gasteiger partial charge is 0.311 e. The number of nitrogens with one attached hydrogen (secondary N) is 1. The minimum Gasteiger partial charge on any atom is -0.490 e. The predicted molar refractivity (Wildman–Crippen MR) is 117 cm³/mol. The third-order valence-electron chi connectivity index (χ3n) is 4.38. The molecule has 0 spiro atoms. The third kappa shape index (κ3) is 8.02. The molecular formula is C22H30N2O5S. The van der Waals surface area contributed by atoms with Crippen molar-refractivity contribution in [2.24, 2.45) is 0 Å². The van der Waals surface area contributed by atoms with Crippen molar-refractivity contribution < 1.29 is 22.7 Å². The lowest BCUT2D eigenvalue weighted by atomic mass is 10.1. The molecule has 1 aromatic carbocycles. The summed E-state index contributed by atoms with van der Waals surface area (Å²) in [7, 11) is -3.54. The Morgan fingerprint density at radius 3 is 2.53 bits per heavy atom. The molecule has 30 heavy (non-hydrogen) atoms. The number of carbonyl (C=O) groups is 1. The molecule has 0 fully saturated rings. The Morgan fingerprint density at radius 1 is 1.07 bits per heavy atom. The van der Waals surface area contributed by atoms with Gasteiger partial charge in [-0.3, -0.25) is 14.5 Å². The van der Waals surface area contributed by atoms with Gasteiger partial charge in [-0.1, -0.05) is 26.3 Å². The van der Waals surface area contributed by atoms with E-state index in [2.05, 4.69) is 9.71 Å². The van der Waals surface area contributed by atoms with Gasteiger partial charge >= 0.3 is 5.97 Å². The Bertz CT molecular complexity index is 901. The van der Waals surface area contributed by atoms with Crippen LogP contribution in [0.15, 0.2) is 42.7 Å². The molecule has 0 unspecified atom stereocenters. The molecule has 1 heterocycles. The summed E-state index contributed by atoms with van der Waals surface area (Å²) in [6, 6.07) is 8.88. The molecule has 0 bridgehead atoms. The van der Waals surface area contributed by atoms with E-state index in [9.17, 15) is 13.2 Å². The maximum atomic E-state index is 12.3. The van der Waals surface area contributed by atoms with E-state index >= 15 is 0 Å². The standard InChI is InChI=1S/C22H30N2O5S/c1-3-5-17-30(26,27)24-19-10-8-11-20(22(19)29-21(25)4-2)28-16-7-6-9-18-12-14-23-15-13-18/h8,10-15,24H,3-7,9,16-17H2,1-2H3. The van der Waals surface area contributed by atoms with Gasteiger partial charge in [-0.05, 0) is 55.5 Å². The molecule has 0 aliphatic heterocycles. The summed E-state index contributed by atoms with van der Waals surface area (Å²) < 4.78 is 38.4. The van der Waals surface area contributed by atoms with Crippen LogP contribution < -0.4 is 14.2 Å². The molecule has 2 aromatic rings. The average molecular weight is 435 g/mol. The number of unbranched alkanes of at least 4 members (excludes halogenated alkanes) is 2. The minimum absolute atomic E-state index is 0.00472. The summed E-state index contributed by atoms with van der Waals surface area (Å²) in [6.45, 7) is 4.02. The number of sulfonamides is 1. The van der Waals surface area contributed by atoms with Crippen LogP contribution in [0, 0.1) is 0 Å². The molecule has 0 atom stereocenters. The lowest BCUT2D eigenvalue weighted by Gasteiger charge is -2.16. The number of hydrogen-bond acceptors (Lipinski definition) is 6. The molecule has 0 saturated heterocycles. The van der Waals surface area contributed by atoms with E-state index in [1.807, 2.05) is 19.1 Å². The van der Waals surface area contributed by atoms with Crippen LogP contribution in [-0.2, 0) is 21.2 Å². The lowest BCUT2D eigenvalue weighted by Crippen LogP contribution is -2.18. The summed E-state index contributed by atoms with van der Waals surface area (Å²) in [5, 5.41) is 0. The fourth-order valence-electron chi connectivity index (χ4n) is 2.72. The zero-order valence-electron chi connectivity index (χ0n) is 17.6. The number of anilines is 1. The molecule has 0 aliphatic rings. The molecule has 0 radical (unpaired) electrons. The second kappa shape index (κ2) is 12.2. The summed E-state index contributed by atoms with van der Waals surface area (Å²) in [4.78, 5) is 15.9. The van der Waals surface area contributed by atoms with Gasteiger partial charge in [-0.25, -0.2) is 8.42 Å². The van der Waals surface area contributed by atoms with Crippen LogP contribution >= 0.6 is 0 Å². The average Bonchev–Trinajstić information content (AvgIpc) is 2.74. The van der Waals surface area contributed by atoms with Gasteiger partial charge in [0, 0.05) is 18.8 Å². The second-order valence-electron chi connectivity index (χ2n) is 6.90. The molecule has 0 amide bonds. The summed E-state index contributed by atoms with van der Waals surface area (Å²) in [5.74, 6) is -0.00204. The number of carbonyl (C=O) groups excluding carboxylic acids is 1. The molecule has 8 heteroatoms. The topological polar surface area (TPSA) is 94.6 Å². The Hall–Kier alpha value is -2.61. The van der Waals surface area contributed by atoms with E-state index < -0.39 is 16.0 Å². The SMILES string of the molecule is CCCCS(=O)(=O)Nc1cccc(OCCCCc2ccncc2)c1OC(=O)CC. The van der Waals surface area contributed by atoms with Crippen LogP contribution in [0.2, 0.25) is 0 Å². The number of nitrogens with zero attached hydrogens (tertiary/aromatic N) is 1. The van der Waals surface area contributed by atoms with Gasteiger partial charge in [0.15, 0.2) is 11.5 Å². The zero-order chi connectivity index (χ0) is 21.8. The van der Waals surface area contributed by atoms with Crippen LogP contribution in [0.25, 0.3) is 0 Å². The maximum Gasteiger partial charge on any atom is 0.311 e. The number of hydrogen-bond donors (Lipinski definition) is 1. The fraction of sp³-hybridized carbons (Fsp3) is 0.455. The first kappa shape index (κ1) is 23.7. The Kier molecular flexibility index (Phi) is 9.60. The first-order valence-corrected chi connectivity index (χ1v) is 12.0. The fourth-order valence-corrected chi connectivity index (χ4v) is 3.98. The van der Waals surface area contributed by atoms with Gasteiger partial charge in [0.05, 0.1) is 18.0 Å². The lowest BCUT2D eigenvalue weighted by molar-refractivity contribution is -0.134. The summed E-state index contributed by atoms with van der Waals surface area (Å²) in [5.41, 5.74) is 1.42. The second-order valence-corrected chi connectivity index (χ2v) is 8.74. The molecule has 1 aromatic heterocycles. The number of ether oxygens (including phenoxy) is 2. The van der Waals surface area contributed by atoms with Crippen LogP contribution in [-0.4, -0.2) is 31.7 Å². The van der Waals surface area contributed by atoms with Crippen LogP contribution in [0.5, 0.6) is 11.5 Å². The number of pyridine rings is 1. The van der Waals surface area contributed by atoms with Crippen LogP contribution in [0.1, 0.15) is 51.5 Å². The molecule has 164 valence electrons. The van der Waals surface area contributed by atoms with E-state index in [1.165, 1.54) is 5.56 Å². The monoisotopic (exact) mass is 434 g/mol. The highest BCUT2D eigenvalue weighted by Crippen LogP contribution is 2.36. The van der Waals surface area contributed by atoms with E-state index in [0.29, 0.717) is 18.8 Å². The highest BCUT2D eigenvalue weighted by Gasteiger charge is 2.19. The van der Waals surface area contributed by atoms with Crippen molar-refractivity contribution in [2.75, 3.05) is 17.1 Å². The molecule has 2 rings (SSSR count). The van der Waals surface area contributed by atoms with Gasteiger partial charge in [0.1, 0.15) is 0 Å². The zero-order valence-corrected chi connectivity index (χ0v) is 18.4. The van der Waals surface area contributed by atoms with Crippen molar-refractivity contribution in [3.8, 4) is 11.5 Å². The highest BCUT2D eigenvalue weighted by atomic mass is 32.2. The molecule has 7 nitrogen and oxygen atoms in total. The molecule has 1 N–H and O–H groups in total.